The molecule has 0 spiro atoms. The molecule has 0 unspecified atom stereocenters. The van der Waals surface area contributed by atoms with Crippen molar-refractivity contribution in [2.75, 3.05) is 10.6 Å². The Hall–Kier alpha value is -3.82. The van der Waals surface area contributed by atoms with Gasteiger partial charge >= 0.3 is 12.4 Å². The van der Waals surface area contributed by atoms with Gasteiger partial charge < -0.3 is 10.6 Å². The van der Waals surface area contributed by atoms with Gasteiger partial charge in [-0.3, -0.25) is 9.59 Å². The molecule has 0 fully saturated rings. The van der Waals surface area contributed by atoms with Gasteiger partial charge in [0.2, 0.25) is 0 Å². The summed E-state index contributed by atoms with van der Waals surface area (Å²) in [6, 6.07) is 13.6. The fraction of sp³-hybridized carbons (Fsp3) is 0.0909. The van der Waals surface area contributed by atoms with Crippen LogP contribution in [0.2, 0.25) is 0 Å². The number of benzene rings is 3. The number of para-hydroxylation sites is 2. The summed E-state index contributed by atoms with van der Waals surface area (Å²) in [5, 5.41) is 4.32. The summed E-state index contributed by atoms with van der Waals surface area (Å²) >= 11 is 0. The van der Waals surface area contributed by atoms with Crippen molar-refractivity contribution in [1.82, 2.24) is 0 Å². The van der Waals surface area contributed by atoms with Gasteiger partial charge in [-0.1, -0.05) is 24.3 Å². The Kier molecular flexibility index (Phi) is 6.24. The van der Waals surface area contributed by atoms with Crippen LogP contribution in [0.3, 0.4) is 0 Å². The van der Waals surface area contributed by atoms with Gasteiger partial charge in [-0.05, 0) is 48.5 Å². The molecule has 0 aliphatic rings. The molecule has 0 saturated carbocycles. The van der Waals surface area contributed by atoms with Crippen molar-refractivity contribution >= 4 is 23.2 Å². The van der Waals surface area contributed by atoms with Crippen LogP contribution < -0.4 is 10.6 Å². The number of halogens is 6. The maximum absolute atomic E-state index is 13.1. The Labute approximate surface area is 177 Å². The standard InChI is InChI=1S/C22H14F6N2O2/c23-21(24,25)15-5-1-3-7-17(15)29-19(31)13-9-11-14(12-10-13)20(32)30-18-8-4-2-6-16(18)22(26,27)28/h1-12H,(H,29,31)(H,30,32). The Morgan fingerprint density at radius 3 is 1.16 bits per heavy atom. The molecule has 32 heavy (non-hydrogen) atoms. The molecule has 0 aliphatic carbocycles. The number of rotatable bonds is 4. The topological polar surface area (TPSA) is 58.2 Å². The van der Waals surface area contributed by atoms with Gasteiger partial charge in [-0.2, -0.15) is 26.3 Å². The lowest BCUT2D eigenvalue weighted by atomic mass is 10.1. The quantitative estimate of drug-likeness (QED) is 0.461. The molecule has 2 N–H and O–H groups in total. The second-order valence-electron chi connectivity index (χ2n) is 6.57. The van der Waals surface area contributed by atoms with E-state index in [2.05, 4.69) is 10.6 Å². The number of anilines is 2. The normalized spacial score (nSPS) is 11.7. The molecular formula is C22H14F6N2O2. The van der Waals surface area contributed by atoms with Crippen LogP contribution in [-0.2, 0) is 12.4 Å². The lowest BCUT2D eigenvalue weighted by Gasteiger charge is -2.14. The summed E-state index contributed by atoms with van der Waals surface area (Å²) in [5.41, 5.74) is -3.00. The molecule has 0 aromatic heterocycles. The Morgan fingerprint density at radius 1 is 0.531 bits per heavy atom. The van der Waals surface area contributed by atoms with E-state index in [4.69, 9.17) is 0 Å². The van der Waals surface area contributed by atoms with E-state index in [0.717, 1.165) is 24.3 Å². The second-order valence-corrected chi connectivity index (χ2v) is 6.57. The predicted molar refractivity (Wildman–Crippen MR) is 105 cm³/mol. The molecular weight excluding hydrogens is 438 g/mol. The number of carbonyl (C=O) groups is 2. The lowest BCUT2D eigenvalue weighted by molar-refractivity contribution is -0.137. The molecule has 0 aliphatic heterocycles. The van der Waals surface area contributed by atoms with Gasteiger partial charge in [0.05, 0.1) is 22.5 Å². The van der Waals surface area contributed by atoms with Gasteiger partial charge in [0.1, 0.15) is 0 Å². The van der Waals surface area contributed by atoms with E-state index in [1.54, 1.807) is 0 Å². The van der Waals surface area contributed by atoms with Crippen LogP contribution in [0.25, 0.3) is 0 Å². The highest BCUT2D eigenvalue weighted by molar-refractivity contribution is 6.07. The highest BCUT2D eigenvalue weighted by Gasteiger charge is 2.34. The fourth-order valence-electron chi connectivity index (χ4n) is 2.84. The van der Waals surface area contributed by atoms with Gasteiger partial charge in [-0.25, -0.2) is 0 Å². The van der Waals surface area contributed by atoms with Gasteiger partial charge in [0.25, 0.3) is 11.8 Å². The second kappa shape index (κ2) is 8.74. The van der Waals surface area contributed by atoms with Gasteiger partial charge in [0.15, 0.2) is 0 Å². The van der Waals surface area contributed by atoms with Crippen LogP contribution in [-0.4, -0.2) is 11.8 Å². The first-order valence-corrected chi connectivity index (χ1v) is 9.02. The molecule has 0 heterocycles. The van der Waals surface area contributed by atoms with Crippen molar-refractivity contribution in [2.45, 2.75) is 12.4 Å². The molecule has 3 aromatic carbocycles. The van der Waals surface area contributed by atoms with E-state index in [-0.39, 0.29) is 11.1 Å². The Balaban J connectivity index is 1.75. The van der Waals surface area contributed by atoms with Crippen molar-refractivity contribution in [1.29, 1.82) is 0 Å². The first-order valence-electron chi connectivity index (χ1n) is 9.02. The highest BCUT2D eigenvalue weighted by atomic mass is 19.4. The average Bonchev–Trinajstić information content (AvgIpc) is 2.73. The number of nitrogens with one attached hydrogen (secondary N) is 2. The van der Waals surface area contributed by atoms with Crippen molar-refractivity contribution in [3.63, 3.8) is 0 Å². The third-order valence-electron chi connectivity index (χ3n) is 4.37. The molecule has 166 valence electrons. The SMILES string of the molecule is O=C(Nc1ccccc1C(F)(F)F)c1ccc(C(=O)Nc2ccccc2C(F)(F)F)cc1. The number of hydrogen-bond acceptors (Lipinski definition) is 2. The van der Waals surface area contributed by atoms with E-state index in [1.807, 2.05) is 0 Å². The van der Waals surface area contributed by atoms with E-state index in [0.29, 0.717) is 0 Å². The zero-order chi connectivity index (χ0) is 23.5. The first kappa shape index (κ1) is 22.9. The van der Waals surface area contributed by atoms with Crippen LogP contribution in [0.1, 0.15) is 31.8 Å². The van der Waals surface area contributed by atoms with Crippen LogP contribution in [0, 0.1) is 0 Å². The predicted octanol–water partition coefficient (Wildman–Crippen LogP) is 6.23. The van der Waals surface area contributed by atoms with Crippen molar-refractivity contribution < 1.29 is 35.9 Å². The van der Waals surface area contributed by atoms with Crippen LogP contribution in [0.15, 0.2) is 72.8 Å². The van der Waals surface area contributed by atoms with Crippen LogP contribution in [0.4, 0.5) is 37.7 Å². The number of carbonyl (C=O) groups excluding carboxylic acids is 2. The largest absolute Gasteiger partial charge is 0.418 e. The van der Waals surface area contributed by atoms with Crippen molar-refractivity contribution in [3.05, 3.63) is 95.1 Å². The monoisotopic (exact) mass is 452 g/mol. The van der Waals surface area contributed by atoms with E-state index in [1.165, 1.54) is 48.5 Å². The minimum absolute atomic E-state index is 0.0470. The number of hydrogen-bond donors (Lipinski definition) is 2. The molecule has 0 radical (unpaired) electrons. The Morgan fingerprint density at radius 2 is 0.844 bits per heavy atom. The molecule has 3 aromatic rings. The molecule has 4 nitrogen and oxygen atoms in total. The molecule has 0 atom stereocenters. The summed E-state index contributed by atoms with van der Waals surface area (Å²) in [4.78, 5) is 24.6. The van der Waals surface area contributed by atoms with E-state index in [9.17, 15) is 35.9 Å². The molecule has 0 bridgehead atoms. The molecule has 10 heteroatoms. The Bertz CT molecular complexity index is 1050. The summed E-state index contributed by atoms with van der Waals surface area (Å²) in [6.45, 7) is 0. The minimum Gasteiger partial charge on any atom is -0.321 e. The third-order valence-corrected chi connectivity index (χ3v) is 4.37. The lowest BCUT2D eigenvalue weighted by Crippen LogP contribution is -2.18. The van der Waals surface area contributed by atoms with Crippen molar-refractivity contribution in [2.24, 2.45) is 0 Å². The molecule has 2 amide bonds. The zero-order valence-corrected chi connectivity index (χ0v) is 16.0. The average molecular weight is 452 g/mol. The van der Waals surface area contributed by atoms with Gasteiger partial charge in [0, 0.05) is 11.1 Å². The maximum Gasteiger partial charge on any atom is 0.418 e. The summed E-state index contributed by atoms with van der Waals surface area (Å²) in [7, 11) is 0. The third kappa shape index (κ3) is 5.26. The molecule has 0 saturated heterocycles. The fourth-order valence-corrected chi connectivity index (χ4v) is 2.84. The van der Waals surface area contributed by atoms with Gasteiger partial charge in [-0.15, -0.1) is 0 Å². The first-order chi connectivity index (χ1) is 15.0. The zero-order valence-electron chi connectivity index (χ0n) is 16.0. The van der Waals surface area contributed by atoms with Crippen molar-refractivity contribution in [3.8, 4) is 0 Å². The van der Waals surface area contributed by atoms with Crippen LogP contribution >= 0.6 is 0 Å². The summed E-state index contributed by atoms with van der Waals surface area (Å²) in [5.74, 6) is -1.70. The smallest absolute Gasteiger partial charge is 0.321 e. The summed E-state index contributed by atoms with van der Waals surface area (Å²) < 4.78 is 78.3. The number of alkyl halides is 6. The molecule has 3 rings (SSSR count). The van der Waals surface area contributed by atoms with E-state index < -0.39 is 46.7 Å². The van der Waals surface area contributed by atoms with Crippen LogP contribution in [0.5, 0.6) is 0 Å². The number of amides is 2. The minimum atomic E-state index is -4.67. The highest BCUT2D eigenvalue weighted by Crippen LogP contribution is 2.35. The summed E-state index contributed by atoms with van der Waals surface area (Å²) in [6.07, 6.45) is -9.34. The maximum atomic E-state index is 13.1. The van der Waals surface area contributed by atoms with E-state index >= 15 is 0 Å².